The van der Waals surface area contributed by atoms with Crippen LogP contribution in [0.25, 0.3) is 0 Å². The molecule has 0 amide bonds. The number of methoxy groups -OCH3 is 2. The summed E-state index contributed by atoms with van der Waals surface area (Å²) in [6.07, 6.45) is 3.23. The minimum atomic E-state index is 0.0463. The molecule has 230 valence electrons. The number of ether oxygens (including phenoxy) is 3. The van der Waals surface area contributed by atoms with E-state index in [1.54, 1.807) is 44.6 Å². The van der Waals surface area contributed by atoms with Gasteiger partial charge in [0.25, 0.3) is 0 Å². The van der Waals surface area contributed by atoms with Gasteiger partial charge >= 0.3 is 0 Å². The van der Waals surface area contributed by atoms with Gasteiger partial charge in [0, 0.05) is 25.2 Å². The van der Waals surface area contributed by atoms with Crippen molar-refractivity contribution in [1.82, 2.24) is 9.80 Å². The molecule has 44 heavy (non-hydrogen) atoms. The van der Waals surface area contributed by atoms with Crippen LogP contribution < -0.4 is 14.2 Å². The normalized spacial score (nSPS) is 18.4. The van der Waals surface area contributed by atoms with Gasteiger partial charge < -0.3 is 29.5 Å². The second-order valence-electron chi connectivity index (χ2n) is 11.9. The second kappa shape index (κ2) is 12.3. The fourth-order valence-corrected chi connectivity index (χ4v) is 6.59. The van der Waals surface area contributed by atoms with E-state index in [0.29, 0.717) is 29.4 Å². The Morgan fingerprint density at radius 1 is 0.614 bits per heavy atom. The van der Waals surface area contributed by atoms with Crippen molar-refractivity contribution in [2.45, 2.75) is 37.8 Å². The van der Waals surface area contributed by atoms with E-state index in [-0.39, 0.29) is 29.3 Å². The molecule has 3 N–H and O–H groups in total. The quantitative estimate of drug-likeness (QED) is 0.223. The van der Waals surface area contributed by atoms with E-state index in [1.165, 1.54) is 11.1 Å². The van der Waals surface area contributed by atoms with Crippen molar-refractivity contribution in [1.29, 1.82) is 0 Å². The number of phenols is 3. The molecule has 2 atom stereocenters. The van der Waals surface area contributed by atoms with Crippen molar-refractivity contribution in [2.75, 3.05) is 41.4 Å². The summed E-state index contributed by atoms with van der Waals surface area (Å²) in [5.41, 5.74) is 6.72. The maximum atomic E-state index is 11.1. The zero-order valence-electron chi connectivity index (χ0n) is 25.7. The maximum Gasteiger partial charge on any atom is 0.169 e. The third-order valence-electron chi connectivity index (χ3n) is 9.15. The number of hydrogen-bond donors (Lipinski definition) is 3. The van der Waals surface area contributed by atoms with Gasteiger partial charge in [-0.05, 0) is 122 Å². The Kier molecular flexibility index (Phi) is 8.29. The summed E-state index contributed by atoms with van der Waals surface area (Å²) in [6.45, 7) is 1.81. The van der Waals surface area contributed by atoms with Crippen molar-refractivity contribution >= 4 is 0 Å². The molecular weight excluding hydrogens is 556 g/mol. The van der Waals surface area contributed by atoms with E-state index < -0.39 is 0 Å². The zero-order chi connectivity index (χ0) is 31.0. The fourth-order valence-electron chi connectivity index (χ4n) is 6.59. The molecule has 2 aliphatic heterocycles. The molecule has 0 saturated heterocycles. The summed E-state index contributed by atoms with van der Waals surface area (Å²) >= 11 is 0. The van der Waals surface area contributed by atoms with Gasteiger partial charge in [0.05, 0.1) is 14.2 Å². The zero-order valence-corrected chi connectivity index (χ0v) is 25.7. The molecule has 0 aliphatic carbocycles. The lowest BCUT2D eigenvalue weighted by molar-refractivity contribution is 0.228. The Morgan fingerprint density at radius 3 is 1.77 bits per heavy atom. The predicted octanol–water partition coefficient (Wildman–Crippen LogP) is 6.16. The average molecular weight is 597 g/mol. The average Bonchev–Trinajstić information content (AvgIpc) is 3.02. The van der Waals surface area contributed by atoms with Crippen molar-refractivity contribution in [3.63, 3.8) is 0 Å². The van der Waals surface area contributed by atoms with Gasteiger partial charge in [-0.15, -0.1) is 0 Å². The number of phenolic OH excluding ortho intramolecular Hbond substituents is 3. The van der Waals surface area contributed by atoms with E-state index in [0.717, 1.165) is 54.6 Å². The third kappa shape index (κ3) is 5.87. The summed E-state index contributed by atoms with van der Waals surface area (Å²) in [6, 6.07) is 20.9. The first-order valence-corrected chi connectivity index (χ1v) is 15.0. The molecule has 0 fully saturated rings. The highest BCUT2D eigenvalue weighted by atomic mass is 16.5. The highest BCUT2D eigenvalue weighted by Gasteiger charge is 2.29. The minimum absolute atomic E-state index is 0.0463. The van der Waals surface area contributed by atoms with Gasteiger partial charge in [-0.1, -0.05) is 18.2 Å². The van der Waals surface area contributed by atoms with Crippen LogP contribution in [0.1, 0.15) is 45.5 Å². The topological polar surface area (TPSA) is 94.9 Å². The smallest absolute Gasteiger partial charge is 0.169 e. The van der Waals surface area contributed by atoms with Crippen LogP contribution in [0.3, 0.4) is 0 Å². The second-order valence-corrected chi connectivity index (χ2v) is 11.9. The number of aromatic hydroxyl groups is 3. The monoisotopic (exact) mass is 596 g/mol. The highest BCUT2D eigenvalue weighted by molar-refractivity contribution is 5.54. The molecule has 2 heterocycles. The van der Waals surface area contributed by atoms with E-state index in [1.807, 2.05) is 36.4 Å². The standard InChI is InChI=1S/C36H40N2O6/c1-37-14-12-25-19-35(43-4)36(21-28(25)29(37)15-22-5-8-26(39)9-6-22)44-33-10-7-23(17-31(33)40)16-30-27-20-32(41)34(42-3)18-24(27)11-13-38(30)2/h5-10,17-21,29-30,39-41H,11-16H2,1-4H3/t29-,30+/m1/s1. The van der Waals surface area contributed by atoms with Gasteiger partial charge in [0.15, 0.2) is 34.5 Å². The number of nitrogens with zero attached hydrogens (tertiary/aromatic N) is 2. The van der Waals surface area contributed by atoms with Crippen molar-refractivity contribution in [3.05, 3.63) is 100 Å². The van der Waals surface area contributed by atoms with Crippen LogP contribution in [0, 0.1) is 0 Å². The van der Waals surface area contributed by atoms with Gasteiger partial charge in [-0.2, -0.15) is 0 Å². The van der Waals surface area contributed by atoms with E-state index in [9.17, 15) is 15.3 Å². The van der Waals surface area contributed by atoms with E-state index in [2.05, 4.69) is 23.9 Å². The Hall–Kier alpha value is -4.40. The van der Waals surface area contributed by atoms with E-state index in [4.69, 9.17) is 14.2 Å². The predicted molar refractivity (Wildman–Crippen MR) is 169 cm³/mol. The van der Waals surface area contributed by atoms with Crippen LogP contribution in [0.15, 0.2) is 66.7 Å². The number of fused-ring (bicyclic) bond motifs is 2. The first-order chi connectivity index (χ1) is 21.2. The third-order valence-corrected chi connectivity index (χ3v) is 9.15. The van der Waals surface area contributed by atoms with Gasteiger partial charge in [0.1, 0.15) is 5.75 Å². The summed E-state index contributed by atoms with van der Waals surface area (Å²) in [5, 5.41) is 31.3. The molecule has 2 aliphatic rings. The lowest BCUT2D eigenvalue weighted by Gasteiger charge is -2.35. The Labute approximate surface area is 258 Å². The molecule has 0 bridgehead atoms. The molecule has 0 spiro atoms. The number of hydrogen-bond acceptors (Lipinski definition) is 8. The number of benzene rings is 4. The molecule has 6 rings (SSSR count). The highest BCUT2D eigenvalue weighted by Crippen LogP contribution is 2.43. The Morgan fingerprint density at radius 2 is 1.16 bits per heavy atom. The lowest BCUT2D eigenvalue weighted by Crippen LogP contribution is -2.33. The molecule has 0 aromatic heterocycles. The van der Waals surface area contributed by atoms with Crippen LogP contribution in [0.2, 0.25) is 0 Å². The van der Waals surface area contributed by atoms with Crippen LogP contribution in [-0.2, 0) is 25.7 Å². The molecule has 0 radical (unpaired) electrons. The molecule has 0 saturated carbocycles. The van der Waals surface area contributed by atoms with Crippen LogP contribution in [-0.4, -0.2) is 66.5 Å². The largest absolute Gasteiger partial charge is 0.508 e. The molecule has 0 unspecified atom stereocenters. The summed E-state index contributed by atoms with van der Waals surface area (Å²) in [7, 11) is 7.41. The van der Waals surface area contributed by atoms with Crippen LogP contribution in [0.5, 0.6) is 40.2 Å². The number of likely N-dealkylation sites (N-methyl/N-ethyl adjacent to an activating group) is 2. The van der Waals surface area contributed by atoms with Crippen molar-refractivity contribution < 1.29 is 29.5 Å². The van der Waals surface area contributed by atoms with Crippen molar-refractivity contribution in [3.8, 4) is 40.2 Å². The number of rotatable bonds is 8. The lowest BCUT2D eigenvalue weighted by atomic mass is 9.88. The first-order valence-electron chi connectivity index (χ1n) is 15.0. The maximum absolute atomic E-state index is 11.1. The van der Waals surface area contributed by atoms with Crippen molar-refractivity contribution in [2.24, 2.45) is 0 Å². The van der Waals surface area contributed by atoms with Gasteiger partial charge in [-0.3, -0.25) is 9.80 Å². The molecule has 8 heteroatoms. The first kappa shape index (κ1) is 29.7. The SMILES string of the molecule is COc1cc2c(cc1O)[C@H](Cc1ccc(Oc3cc4c(cc3OC)CCN(C)[C@@H]4Cc3ccc(O)cc3)c(O)c1)N(C)CC2. The fraction of sp³-hybridized carbons (Fsp3) is 0.333. The summed E-state index contributed by atoms with van der Waals surface area (Å²) < 4.78 is 17.4. The van der Waals surface area contributed by atoms with Crippen LogP contribution >= 0.6 is 0 Å². The molecule has 4 aromatic rings. The summed E-state index contributed by atoms with van der Waals surface area (Å²) in [4.78, 5) is 4.62. The van der Waals surface area contributed by atoms with Gasteiger partial charge in [0.2, 0.25) is 0 Å². The van der Waals surface area contributed by atoms with E-state index >= 15 is 0 Å². The minimum Gasteiger partial charge on any atom is -0.508 e. The summed E-state index contributed by atoms with van der Waals surface area (Å²) in [5.74, 6) is 2.45. The van der Waals surface area contributed by atoms with Crippen LogP contribution in [0.4, 0.5) is 0 Å². The molecular formula is C36H40N2O6. The van der Waals surface area contributed by atoms with Gasteiger partial charge in [-0.25, -0.2) is 0 Å². The Balaban J connectivity index is 1.25. The Bertz CT molecular complexity index is 1650. The molecule has 8 nitrogen and oxygen atoms in total. The molecule has 4 aromatic carbocycles.